The molecular formula is C12H18N2O4S2. The summed E-state index contributed by atoms with van der Waals surface area (Å²) < 4.78 is 49.4. The van der Waals surface area contributed by atoms with Gasteiger partial charge >= 0.3 is 0 Å². The van der Waals surface area contributed by atoms with Crippen LogP contribution in [0.25, 0.3) is 0 Å². The molecule has 0 amide bonds. The van der Waals surface area contributed by atoms with Crippen LogP contribution < -0.4 is 10.0 Å². The fourth-order valence-corrected chi connectivity index (χ4v) is 5.18. The van der Waals surface area contributed by atoms with Crippen molar-refractivity contribution < 1.29 is 16.8 Å². The Morgan fingerprint density at radius 2 is 1.90 bits per heavy atom. The van der Waals surface area contributed by atoms with Gasteiger partial charge in [0.1, 0.15) is 0 Å². The van der Waals surface area contributed by atoms with Gasteiger partial charge < -0.3 is 5.32 Å². The molecule has 1 heterocycles. The Balaban J connectivity index is 2.10. The lowest BCUT2D eigenvalue weighted by atomic mass is 10.3. The van der Waals surface area contributed by atoms with E-state index in [1.807, 2.05) is 6.92 Å². The Kier molecular flexibility index (Phi) is 4.36. The van der Waals surface area contributed by atoms with Crippen LogP contribution in [0.1, 0.15) is 13.3 Å². The van der Waals surface area contributed by atoms with E-state index in [2.05, 4.69) is 10.0 Å². The van der Waals surface area contributed by atoms with Crippen molar-refractivity contribution in [2.75, 3.05) is 23.4 Å². The Morgan fingerprint density at radius 3 is 2.40 bits per heavy atom. The predicted octanol–water partition coefficient (Wildman–Crippen LogP) is 0.584. The number of benzene rings is 1. The van der Waals surface area contributed by atoms with E-state index in [0.29, 0.717) is 6.42 Å². The molecule has 1 atom stereocenters. The van der Waals surface area contributed by atoms with E-state index < -0.39 is 25.9 Å². The predicted molar refractivity (Wildman–Crippen MR) is 78.0 cm³/mol. The second-order valence-electron chi connectivity index (χ2n) is 4.78. The van der Waals surface area contributed by atoms with Crippen molar-refractivity contribution in [3.8, 4) is 0 Å². The molecule has 0 spiro atoms. The molecule has 6 nitrogen and oxygen atoms in total. The molecule has 8 heteroatoms. The summed E-state index contributed by atoms with van der Waals surface area (Å²) in [4.78, 5) is 0.142. The highest BCUT2D eigenvalue weighted by Crippen LogP contribution is 2.17. The minimum absolute atomic E-state index is 0.0412. The van der Waals surface area contributed by atoms with E-state index in [1.165, 1.54) is 12.1 Å². The summed E-state index contributed by atoms with van der Waals surface area (Å²) in [6, 6.07) is 5.85. The maximum absolute atomic E-state index is 12.1. The van der Waals surface area contributed by atoms with Gasteiger partial charge in [0.05, 0.1) is 16.4 Å². The van der Waals surface area contributed by atoms with Gasteiger partial charge in [-0.3, -0.25) is 0 Å². The minimum Gasteiger partial charge on any atom is -0.385 e. The molecule has 0 aliphatic carbocycles. The molecule has 112 valence electrons. The molecule has 1 aliphatic rings. The molecule has 2 rings (SSSR count). The Bertz CT molecular complexity index is 666. The van der Waals surface area contributed by atoms with Crippen LogP contribution in [0.15, 0.2) is 29.2 Å². The van der Waals surface area contributed by atoms with Gasteiger partial charge in [0.15, 0.2) is 9.84 Å². The third-order valence-electron chi connectivity index (χ3n) is 3.10. The average Bonchev–Trinajstić information content (AvgIpc) is 2.69. The summed E-state index contributed by atoms with van der Waals surface area (Å²) in [5.74, 6) is -0.0821. The SMILES string of the molecule is CCNc1ccc(S(=O)(=O)NC2CCS(=O)(=O)C2)cc1. The molecular weight excluding hydrogens is 300 g/mol. The summed E-state index contributed by atoms with van der Waals surface area (Å²) in [7, 11) is -6.77. The zero-order valence-corrected chi connectivity index (χ0v) is 12.8. The van der Waals surface area contributed by atoms with Gasteiger partial charge in [-0.25, -0.2) is 21.6 Å². The topological polar surface area (TPSA) is 92.3 Å². The monoisotopic (exact) mass is 318 g/mol. The van der Waals surface area contributed by atoms with Crippen LogP contribution in [0.2, 0.25) is 0 Å². The third-order valence-corrected chi connectivity index (χ3v) is 6.40. The normalized spacial score (nSPS) is 21.8. The molecule has 1 saturated heterocycles. The van der Waals surface area contributed by atoms with E-state index in [9.17, 15) is 16.8 Å². The molecule has 1 fully saturated rings. The maximum Gasteiger partial charge on any atom is 0.240 e. The van der Waals surface area contributed by atoms with Gasteiger partial charge in [-0.2, -0.15) is 0 Å². The van der Waals surface area contributed by atoms with Crippen molar-refractivity contribution in [2.24, 2.45) is 0 Å². The first-order valence-electron chi connectivity index (χ1n) is 6.39. The van der Waals surface area contributed by atoms with Gasteiger partial charge in [0.25, 0.3) is 0 Å². The van der Waals surface area contributed by atoms with Gasteiger partial charge in [-0.05, 0) is 37.6 Å². The first kappa shape index (κ1) is 15.3. The molecule has 0 bridgehead atoms. The van der Waals surface area contributed by atoms with E-state index in [4.69, 9.17) is 0 Å². The fraction of sp³-hybridized carbons (Fsp3) is 0.500. The zero-order valence-electron chi connectivity index (χ0n) is 11.2. The average molecular weight is 318 g/mol. The number of nitrogens with one attached hydrogen (secondary N) is 2. The second-order valence-corrected chi connectivity index (χ2v) is 8.72. The van der Waals surface area contributed by atoms with Crippen LogP contribution >= 0.6 is 0 Å². The van der Waals surface area contributed by atoms with Gasteiger partial charge in [-0.15, -0.1) is 0 Å². The first-order valence-corrected chi connectivity index (χ1v) is 9.69. The third kappa shape index (κ3) is 3.71. The van der Waals surface area contributed by atoms with Crippen LogP contribution in [0, 0.1) is 0 Å². The highest BCUT2D eigenvalue weighted by Gasteiger charge is 2.31. The van der Waals surface area contributed by atoms with Crippen LogP contribution in [0.5, 0.6) is 0 Å². The van der Waals surface area contributed by atoms with Crippen molar-refractivity contribution in [3.63, 3.8) is 0 Å². The van der Waals surface area contributed by atoms with Crippen LogP contribution in [-0.2, 0) is 19.9 Å². The summed E-state index contributed by atoms with van der Waals surface area (Å²) in [5.41, 5.74) is 0.842. The standard InChI is InChI=1S/C12H18N2O4S2/c1-2-13-10-3-5-12(6-4-10)20(17,18)14-11-7-8-19(15,16)9-11/h3-6,11,13-14H,2,7-9H2,1H3. The lowest BCUT2D eigenvalue weighted by molar-refractivity contribution is 0.562. The van der Waals surface area contributed by atoms with Crippen molar-refractivity contribution in [1.29, 1.82) is 0 Å². The fourth-order valence-electron chi connectivity index (χ4n) is 2.13. The molecule has 0 radical (unpaired) electrons. The number of sulfone groups is 1. The Hall–Kier alpha value is -1.12. The molecule has 0 aromatic heterocycles. The van der Waals surface area contributed by atoms with E-state index in [1.54, 1.807) is 12.1 Å². The van der Waals surface area contributed by atoms with Crippen LogP contribution in [-0.4, -0.2) is 40.9 Å². The Labute approximate surface area is 119 Å². The maximum atomic E-state index is 12.1. The number of sulfonamides is 1. The molecule has 2 N–H and O–H groups in total. The highest BCUT2D eigenvalue weighted by molar-refractivity contribution is 7.92. The van der Waals surface area contributed by atoms with Gasteiger partial charge in [-0.1, -0.05) is 0 Å². The lowest BCUT2D eigenvalue weighted by Crippen LogP contribution is -2.35. The number of anilines is 1. The summed E-state index contributed by atoms with van der Waals surface area (Å²) >= 11 is 0. The molecule has 0 saturated carbocycles. The molecule has 1 aromatic rings. The summed E-state index contributed by atoms with van der Waals surface area (Å²) in [5, 5.41) is 3.08. The van der Waals surface area contributed by atoms with E-state index >= 15 is 0 Å². The molecule has 1 unspecified atom stereocenters. The van der Waals surface area contributed by atoms with Crippen molar-refractivity contribution in [1.82, 2.24) is 4.72 Å². The van der Waals surface area contributed by atoms with Gasteiger partial charge in [0.2, 0.25) is 10.0 Å². The van der Waals surface area contributed by atoms with Crippen molar-refractivity contribution in [3.05, 3.63) is 24.3 Å². The largest absolute Gasteiger partial charge is 0.385 e. The smallest absolute Gasteiger partial charge is 0.240 e. The van der Waals surface area contributed by atoms with Crippen molar-refractivity contribution in [2.45, 2.75) is 24.3 Å². The minimum atomic E-state index is -3.67. The number of rotatable bonds is 5. The lowest BCUT2D eigenvalue weighted by Gasteiger charge is -2.12. The van der Waals surface area contributed by atoms with Crippen LogP contribution in [0.3, 0.4) is 0 Å². The number of hydrogen-bond donors (Lipinski definition) is 2. The van der Waals surface area contributed by atoms with Crippen LogP contribution in [0.4, 0.5) is 5.69 Å². The first-order chi connectivity index (χ1) is 9.32. The van der Waals surface area contributed by atoms with E-state index in [-0.39, 0.29) is 16.4 Å². The molecule has 1 aromatic carbocycles. The van der Waals surface area contributed by atoms with Crippen molar-refractivity contribution >= 4 is 25.5 Å². The quantitative estimate of drug-likeness (QED) is 0.828. The van der Waals surface area contributed by atoms with E-state index in [0.717, 1.165) is 12.2 Å². The molecule has 20 heavy (non-hydrogen) atoms. The zero-order chi connectivity index (χ0) is 14.8. The second kappa shape index (κ2) is 5.71. The summed E-state index contributed by atoms with van der Waals surface area (Å²) in [6.07, 6.45) is 0.330. The highest BCUT2D eigenvalue weighted by atomic mass is 32.2. The molecule has 1 aliphatic heterocycles. The summed E-state index contributed by atoms with van der Waals surface area (Å²) in [6.45, 7) is 2.71. The van der Waals surface area contributed by atoms with Gasteiger partial charge in [0, 0.05) is 18.3 Å². The number of hydrogen-bond acceptors (Lipinski definition) is 5. The Morgan fingerprint density at radius 1 is 1.25 bits per heavy atom.